The Morgan fingerprint density at radius 2 is 2.25 bits per heavy atom. The van der Waals surface area contributed by atoms with Crippen LogP contribution in [0.25, 0.3) is 0 Å². The van der Waals surface area contributed by atoms with E-state index in [9.17, 15) is 5.11 Å². The van der Waals surface area contributed by atoms with Crippen molar-refractivity contribution in [1.82, 2.24) is 5.32 Å². The molecule has 2 nitrogen and oxygen atoms in total. The molecule has 1 aliphatic rings. The monoisotopic (exact) mass is 163 g/mol. The largest absolute Gasteiger partial charge is 0.391 e. The predicted molar refractivity (Wildman–Crippen MR) is 47.7 cm³/mol. The number of nitrogens with one attached hydrogen (secondary N) is 1. The second-order valence-electron chi connectivity index (χ2n) is 3.30. The van der Waals surface area contributed by atoms with Crippen LogP contribution < -0.4 is 5.32 Å². The van der Waals surface area contributed by atoms with Crippen LogP contribution in [0.2, 0.25) is 0 Å². The lowest BCUT2D eigenvalue weighted by atomic mass is 10.0. The maximum atomic E-state index is 9.44. The van der Waals surface area contributed by atoms with Crippen LogP contribution >= 0.6 is 0 Å². The zero-order chi connectivity index (χ0) is 8.55. The van der Waals surface area contributed by atoms with Crippen molar-refractivity contribution in [3.8, 4) is 0 Å². The minimum Gasteiger partial charge on any atom is -0.391 e. The molecule has 0 saturated heterocycles. The van der Waals surface area contributed by atoms with Gasteiger partial charge in [-0.15, -0.1) is 0 Å². The van der Waals surface area contributed by atoms with Crippen molar-refractivity contribution in [3.63, 3.8) is 0 Å². The Labute approximate surface area is 72.2 Å². The molecule has 2 rings (SSSR count). The summed E-state index contributed by atoms with van der Waals surface area (Å²) >= 11 is 0. The van der Waals surface area contributed by atoms with E-state index in [2.05, 4.69) is 17.4 Å². The third-order valence-corrected chi connectivity index (χ3v) is 2.38. The summed E-state index contributed by atoms with van der Waals surface area (Å²) in [5.74, 6) is 0. The highest BCUT2D eigenvalue weighted by Crippen LogP contribution is 2.26. The summed E-state index contributed by atoms with van der Waals surface area (Å²) in [5, 5.41) is 12.7. The number of aliphatic hydroxyl groups excluding tert-OH is 1. The van der Waals surface area contributed by atoms with Crippen molar-refractivity contribution in [3.05, 3.63) is 35.4 Å². The van der Waals surface area contributed by atoms with Crippen molar-refractivity contribution in [2.24, 2.45) is 0 Å². The first-order chi connectivity index (χ1) is 5.79. The standard InChI is InChI=1S/C10H13NO/c1-7(12)10-9-5-3-2-4-8(9)6-11-10/h2-5,7,10-12H,6H2,1H3/t7-,10+/m0/s1. The normalized spacial score (nSPS) is 23.7. The summed E-state index contributed by atoms with van der Waals surface area (Å²) in [7, 11) is 0. The molecule has 0 bridgehead atoms. The molecule has 2 heteroatoms. The highest BCUT2D eigenvalue weighted by atomic mass is 16.3. The summed E-state index contributed by atoms with van der Waals surface area (Å²) in [6.07, 6.45) is -0.311. The molecule has 0 amide bonds. The molecule has 1 heterocycles. The molecule has 2 atom stereocenters. The molecular weight excluding hydrogens is 150 g/mol. The third kappa shape index (κ3) is 1.13. The van der Waals surface area contributed by atoms with E-state index < -0.39 is 0 Å². The van der Waals surface area contributed by atoms with E-state index in [1.165, 1.54) is 11.1 Å². The Balaban J connectivity index is 2.36. The summed E-state index contributed by atoms with van der Waals surface area (Å²) in [6, 6.07) is 8.35. The number of rotatable bonds is 1. The molecule has 0 fully saturated rings. The van der Waals surface area contributed by atoms with Gasteiger partial charge in [-0.25, -0.2) is 0 Å². The SMILES string of the molecule is C[C@H](O)[C@H]1NCc2ccccc21. The molecular formula is C10H13NO. The van der Waals surface area contributed by atoms with Crippen molar-refractivity contribution in [2.75, 3.05) is 0 Å². The van der Waals surface area contributed by atoms with Crippen molar-refractivity contribution >= 4 is 0 Å². The molecule has 0 spiro atoms. The minimum atomic E-state index is -0.311. The topological polar surface area (TPSA) is 32.3 Å². The average molecular weight is 163 g/mol. The van der Waals surface area contributed by atoms with Gasteiger partial charge in [0.25, 0.3) is 0 Å². The highest BCUT2D eigenvalue weighted by molar-refractivity contribution is 5.34. The van der Waals surface area contributed by atoms with Crippen molar-refractivity contribution in [1.29, 1.82) is 0 Å². The average Bonchev–Trinajstić information content (AvgIpc) is 2.47. The second-order valence-corrected chi connectivity index (χ2v) is 3.30. The molecule has 0 aliphatic carbocycles. The fourth-order valence-electron chi connectivity index (χ4n) is 1.76. The molecule has 12 heavy (non-hydrogen) atoms. The van der Waals surface area contributed by atoms with Gasteiger partial charge in [0, 0.05) is 6.54 Å². The maximum Gasteiger partial charge on any atom is 0.0707 e. The Hall–Kier alpha value is -0.860. The Bertz CT molecular complexity index is 283. The maximum absolute atomic E-state index is 9.44. The van der Waals surface area contributed by atoms with Crippen LogP contribution in [0, 0.1) is 0 Å². The highest BCUT2D eigenvalue weighted by Gasteiger charge is 2.24. The van der Waals surface area contributed by atoms with Crippen LogP contribution in [0.3, 0.4) is 0 Å². The quantitative estimate of drug-likeness (QED) is 0.652. The van der Waals surface area contributed by atoms with Crippen molar-refractivity contribution < 1.29 is 5.11 Å². The molecule has 1 aliphatic heterocycles. The number of benzene rings is 1. The molecule has 0 radical (unpaired) electrons. The molecule has 0 saturated carbocycles. The van der Waals surface area contributed by atoms with Crippen molar-refractivity contribution in [2.45, 2.75) is 25.6 Å². The Morgan fingerprint density at radius 3 is 3.00 bits per heavy atom. The molecule has 0 aromatic heterocycles. The van der Waals surface area contributed by atoms with Gasteiger partial charge in [-0.2, -0.15) is 0 Å². The lowest BCUT2D eigenvalue weighted by Gasteiger charge is -2.14. The first-order valence-corrected chi connectivity index (χ1v) is 4.28. The number of hydrogen-bond donors (Lipinski definition) is 2. The number of aliphatic hydroxyl groups is 1. The predicted octanol–water partition coefficient (Wildman–Crippen LogP) is 1.21. The molecule has 0 unspecified atom stereocenters. The number of fused-ring (bicyclic) bond motifs is 1. The Morgan fingerprint density at radius 1 is 1.50 bits per heavy atom. The van der Waals surface area contributed by atoms with E-state index in [-0.39, 0.29) is 12.1 Å². The molecule has 1 aromatic carbocycles. The van der Waals surface area contributed by atoms with Gasteiger partial charge < -0.3 is 10.4 Å². The van der Waals surface area contributed by atoms with Gasteiger partial charge in [0.15, 0.2) is 0 Å². The summed E-state index contributed by atoms with van der Waals surface area (Å²) < 4.78 is 0. The zero-order valence-corrected chi connectivity index (χ0v) is 7.12. The summed E-state index contributed by atoms with van der Waals surface area (Å²) in [5.41, 5.74) is 2.55. The van der Waals surface area contributed by atoms with E-state index >= 15 is 0 Å². The van der Waals surface area contributed by atoms with Gasteiger partial charge in [0.05, 0.1) is 12.1 Å². The van der Waals surface area contributed by atoms with Crippen LogP contribution in [-0.2, 0) is 6.54 Å². The van der Waals surface area contributed by atoms with E-state index in [1.54, 1.807) is 0 Å². The molecule has 2 N–H and O–H groups in total. The van der Waals surface area contributed by atoms with Gasteiger partial charge in [-0.1, -0.05) is 24.3 Å². The van der Waals surface area contributed by atoms with Crippen LogP contribution in [-0.4, -0.2) is 11.2 Å². The fourth-order valence-corrected chi connectivity index (χ4v) is 1.76. The van der Waals surface area contributed by atoms with Gasteiger partial charge in [0.2, 0.25) is 0 Å². The zero-order valence-electron chi connectivity index (χ0n) is 7.12. The van der Waals surface area contributed by atoms with Gasteiger partial charge in [-0.05, 0) is 18.1 Å². The van der Waals surface area contributed by atoms with E-state index in [0.717, 1.165) is 6.54 Å². The van der Waals surface area contributed by atoms with Crippen LogP contribution in [0.15, 0.2) is 24.3 Å². The third-order valence-electron chi connectivity index (χ3n) is 2.38. The van der Waals surface area contributed by atoms with Gasteiger partial charge >= 0.3 is 0 Å². The molecule has 1 aromatic rings. The van der Waals surface area contributed by atoms with Gasteiger partial charge in [-0.3, -0.25) is 0 Å². The number of hydrogen-bond acceptors (Lipinski definition) is 2. The van der Waals surface area contributed by atoms with Crippen LogP contribution in [0.1, 0.15) is 24.1 Å². The minimum absolute atomic E-state index is 0.126. The Kier molecular flexibility index (Phi) is 1.87. The first kappa shape index (κ1) is 7.77. The van der Waals surface area contributed by atoms with Crippen LogP contribution in [0.4, 0.5) is 0 Å². The van der Waals surface area contributed by atoms with E-state index in [1.807, 2.05) is 19.1 Å². The molecule has 64 valence electrons. The lowest BCUT2D eigenvalue weighted by Crippen LogP contribution is -2.23. The summed E-state index contributed by atoms with van der Waals surface area (Å²) in [4.78, 5) is 0. The smallest absolute Gasteiger partial charge is 0.0707 e. The fraction of sp³-hybridized carbons (Fsp3) is 0.400. The van der Waals surface area contributed by atoms with Crippen LogP contribution in [0.5, 0.6) is 0 Å². The summed E-state index contributed by atoms with van der Waals surface area (Å²) in [6.45, 7) is 2.70. The first-order valence-electron chi connectivity index (χ1n) is 4.28. The van der Waals surface area contributed by atoms with Gasteiger partial charge in [0.1, 0.15) is 0 Å². The van der Waals surface area contributed by atoms with E-state index in [0.29, 0.717) is 0 Å². The lowest BCUT2D eigenvalue weighted by molar-refractivity contribution is 0.151. The van der Waals surface area contributed by atoms with E-state index in [4.69, 9.17) is 0 Å². The second kappa shape index (κ2) is 2.88.